The third-order valence-electron chi connectivity index (χ3n) is 3.20. The van der Waals surface area contributed by atoms with Crippen molar-refractivity contribution in [2.75, 3.05) is 0 Å². The average Bonchev–Trinajstić information content (AvgIpc) is 2.80. The Hall–Kier alpha value is -1.76. The van der Waals surface area contributed by atoms with Crippen LogP contribution in [0.5, 0.6) is 0 Å². The van der Waals surface area contributed by atoms with Gasteiger partial charge >= 0.3 is 6.18 Å². The van der Waals surface area contributed by atoms with Crippen LogP contribution in [-0.4, -0.2) is 14.8 Å². The molecule has 1 aromatic carbocycles. The van der Waals surface area contributed by atoms with Crippen molar-refractivity contribution >= 4 is 11.8 Å². The number of halogens is 3. The maximum absolute atomic E-state index is 12.6. The van der Waals surface area contributed by atoms with E-state index in [1.807, 2.05) is 18.4 Å². The van der Waals surface area contributed by atoms with Crippen molar-refractivity contribution in [2.45, 2.75) is 37.0 Å². The first kappa shape index (κ1) is 16.6. The van der Waals surface area contributed by atoms with Crippen molar-refractivity contribution in [2.24, 2.45) is 0 Å². The van der Waals surface area contributed by atoms with Gasteiger partial charge in [0, 0.05) is 11.8 Å². The summed E-state index contributed by atoms with van der Waals surface area (Å²) in [5.41, 5.74) is 0.169. The Morgan fingerprint density at radius 3 is 2.45 bits per heavy atom. The minimum absolute atomic E-state index is 0.0329. The molecule has 0 N–H and O–H groups in total. The number of allylic oxidation sites excluding steroid dienone is 1. The Kier molecular flexibility index (Phi) is 4.95. The highest BCUT2D eigenvalue weighted by molar-refractivity contribution is 7.99. The highest BCUT2D eigenvalue weighted by atomic mass is 32.2. The van der Waals surface area contributed by atoms with Crippen LogP contribution in [0.1, 0.15) is 29.1 Å². The summed E-state index contributed by atoms with van der Waals surface area (Å²) in [5.74, 6) is 0.780. The molecule has 0 aliphatic heterocycles. The van der Waals surface area contributed by atoms with Gasteiger partial charge in [0.25, 0.3) is 0 Å². The molecule has 7 heteroatoms. The normalized spacial score (nSPS) is 13.1. The standard InChI is InChI=1S/C15H16F3N3S/c1-4-9-21-11(3)19-20-14(21)22-10(2)12-5-7-13(8-6-12)15(16,17)18/h4-8,10H,1,9H2,2-3H3. The van der Waals surface area contributed by atoms with Crippen LogP contribution in [0.15, 0.2) is 42.1 Å². The van der Waals surface area contributed by atoms with E-state index in [-0.39, 0.29) is 5.25 Å². The monoisotopic (exact) mass is 327 g/mol. The second-order valence-corrected chi connectivity index (χ2v) is 6.12. The molecule has 1 atom stereocenters. The van der Waals surface area contributed by atoms with Crippen molar-refractivity contribution < 1.29 is 13.2 Å². The first-order valence-electron chi connectivity index (χ1n) is 6.67. The fourth-order valence-corrected chi connectivity index (χ4v) is 2.99. The third kappa shape index (κ3) is 3.71. The van der Waals surface area contributed by atoms with Crippen LogP contribution in [-0.2, 0) is 12.7 Å². The molecule has 0 spiro atoms. The number of thioether (sulfide) groups is 1. The van der Waals surface area contributed by atoms with Crippen LogP contribution in [0, 0.1) is 6.92 Å². The second kappa shape index (κ2) is 6.56. The Balaban J connectivity index is 2.15. The molecule has 0 aliphatic carbocycles. The number of aromatic nitrogens is 3. The van der Waals surface area contributed by atoms with Crippen molar-refractivity contribution in [1.82, 2.24) is 14.8 Å². The van der Waals surface area contributed by atoms with Gasteiger partial charge in [-0.3, -0.25) is 0 Å². The Bertz CT molecular complexity index is 647. The van der Waals surface area contributed by atoms with Gasteiger partial charge in [-0.2, -0.15) is 13.2 Å². The van der Waals surface area contributed by atoms with Crippen LogP contribution < -0.4 is 0 Å². The molecule has 0 aliphatic rings. The first-order valence-corrected chi connectivity index (χ1v) is 7.55. The molecule has 22 heavy (non-hydrogen) atoms. The zero-order chi connectivity index (χ0) is 16.3. The van der Waals surface area contributed by atoms with Crippen molar-refractivity contribution in [3.8, 4) is 0 Å². The van der Waals surface area contributed by atoms with E-state index < -0.39 is 11.7 Å². The summed E-state index contributed by atoms with van der Waals surface area (Å²) in [6.45, 7) is 8.07. The van der Waals surface area contributed by atoms with Gasteiger partial charge in [-0.05, 0) is 31.5 Å². The van der Waals surface area contributed by atoms with Crippen LogP contribution in [0.2, 0.25) is 0 Å². The van der Waals surface area contributed by atoms with Crippen molar-refractivity contribution in [3.63, 3.8) is 0 Å². The molecule has 0 saturated heterocycles. The topological polar surface area (TPSA) is 30.7 Å². The number of aryl methyl sites for hydroxylation is 1. The van der Waals surface area contributed by atoms with Crippen molar-refractivity contribution in [3.05, 3.63) is 53.9 Å². The van der Waals surface area contributed by atoms with E-state index in [2.05, 4.69) is 16.8 Å². The van der Waals surface area contributed by atoms with E-state index >= 15 is 0 Å². The van der Waals surface area contributed by atoms with E-state index in [9.17, 15) is 13.2 Å². The van der Waals surface area contributed by atoms with Gasteiger partial charge in [-0.1, -0.05) is 30.0 Å². The summed E-state index contributed by atoms with van der Waals surface area (Å²) < 4.78 is 39.6. The number of hydrogen-bond donors (Lipinski definition) is 0. The van der Waals surface area contributed by atoms with Crippen LogP contribution >= 0.6 is 11.8 Å². The number of nitrogens with zero attached hydrogens (tertiary/aromatic N) is 3. The number of rotatable bonds is 5. The molecule has 2 rings (SSSR count). The number of hydrogen-bond acceptors (Lipinski definition) is 3. The van der Waals surface area contributed by atoms with Gasteiger partial charge in [-0.15, -0.1) is 16.8 Å². The minimum Gasteiger partial charge on any atom is -0.302 e. The van der Waals surface area contributed by atoms with Gasteiger partial charge in [0.2, 0.25) is 0 Å². The van der Waals surface area contributed by atoms with E-state index in [4.69, 9.17) is 0 Å². The molecule has 3 nitrogen and oxygen atoms in total. The lowest BCUT2D eigenvalue weighted by Gasteiger charge is -2.13. The average molecular weight is 327 g/mol. The van der Waals surface area contributed by atoms with E-state index in [1.165, 1.54) is 23.9 Å². The third-order valence-corrected chi connectivity index (χ3v) is 4.34. The van der Waals surface area contributed by atoms with Crippen LogP contribution in [0.25, 0.3) is 0 Å². The predicted molar refractivity (Wildman–Crippen MR) is 80.7 cm³/mol. The zero-order valence-electron chi connectivity index (χ0n) is 12.3. The summed E-state index contributed by atoms with van der Waals surface area (Å²) in [4.78, 5) is 0. The lowest BCUT2D eigenvalue weighted by Crippen LogP contribution is -2.05. The summed E-state index contributed by atoms with van der Waals surface area (Å²) >= 11 is 1.46. The highest BCUT2D eigenvalue weighted by Crippen LogP contribution is 2.36. The summed E-state index contributed by atoms with van der Waals surface area (Å²) in [6, 6.07) is 5.21. The molecule has 0 saturated carbocycles. The predicted octanol–water partition coefficient (Wildman–Crippen LogP) is 4.64. The smallest absolute Gasteiger partial charge is 0.302 e. The SMILES string of the molecule is C=CCn1c(C)nnc1SC(C)c1ccc(C(F)(F)F)cc1. The van der Waals surface area contributed by atoms with Crippen molar-refractivity contribution in [1.29, 1.82) is 0 Å². The Morgan fingerprint density at radius 1 is 1.27 bits per heavy atom. The van der Waals surface area contributed by atoms with Gasteiger partial charge in [0.1, 0.15) is 5.82 Å². The molecular formula is C15H16F3N3S. The van der Waals surface area contributed by atoms with E-state index in [0.29, 0.717) is 6.54 Å². The number of alkyl halides is 3. The Morgan fingerprint density at radius 2 is 1.91 bits per heavy atom. The van der Waals surface area contributed by atoms with Crippen LogP contribution in [0.3, 0.4) is 0 Å². The maximum Gasteiger partial charge on any atom is 0.416 e. The van der Waals surface area contributed by atoms with Crippen LogP contribution in [0.4, 0.5) is 13.2 Å². The summed E-state index contributed by atoms with van der Waals surface area (Å²) in [7, 11) is 0. The van der Waals surface area contributed by atoms with Gasteiger partial charge in [0.05, 0.1) is 5.56 Å². The minimum atomic E-state index is -4.31. The molecular weight excluding hydrogens is 311 g/mol. The highest BCUT2D eigenvalue weighted by Gasteiger charge is 2.30. The second-order valence-electron chi connectivity index (χ2n) is 4.81. The van der Waals surface area contributed by atoms with Gasteiger partial charge in [0.15, 0.2) is 5.16 Å². The molecule has 1 unspecified atom stereocenters. The van der Waals surface area contributed by atoms with E-state index in [1.54, 1.807) is 6.08 Å². The molecule has 1 aromatic heterocycles. The summed E-state index contributed by atoms with van der Waals surface area (Å²) in [6.07, 6.45) is -2.56. The molecule has 2 aromatic rings. The molecule has 1 heterocycles. The van der Waals surface area contributed by atoms with E-state index in [0.717, 1.165) is 28.7 Å². The maximum atomic E-state index is 12.6. The fraction of sp³-hybridized carbons (Fsp3) is 0.333. The molecule has 0 amide bonds. The summed E-state index contributed by atoms with van der Waals surface area (Å²) in [5, 5.41) is 8.82. The first-order chi connectivity index (χ1) is 10.3. The lowest BCUT2D eigenvalue weighted by molar-refractivity contribution is -0.137. The Labute approximate surface area is 131 Å². The zero-order valence-corrected chi connectivity index (χ0v) is 13.1. The molecule has 118 valence electrons. The molecule has 0 radical (unpaired) electrons. The van der Waals surface area contributed by atoms with Gasteiger partial charge < -0.3 is 4.57 Å². The van der Waals surface area contributed by atoms with Gasteiger partial charge in [-0.25, -0.2) is 0 Å². The molecule has 0 fully saturated rings. The quantitative estimate of drug-likeness (QED) is 0.592. The largest absolute Gasteiger partial charge is 0.416 e. The number of benzene rings is 1. The fourth-order valence-electron chi connectivity index (χ4n) is 1.96. The lowest BCUT2D eigenvalue weighted by atomic mass is 10.1. The molecule has 0 bridgehead atoms.